The third kappa shape index (κ3) is 2.82. The van der Waals surface area contributed by atoms with E-state index >= 15 is 0 Å². The third-order valence-electron chi connectivity index (χ3n) is 8.03. The zero-order chi connectivity index (χ0) is 19.8. The van der Waals surface area contributed by atoms with Gasteiger partial charge in [-0.25, -0.2) is 4.98 Å². The Kier molecular flexibility index (Phi) is 4.00. The Bertz CT molecular complexity index is 1030. The zero-order valence-electron chi connectivity index (χ0n) is 17.1. The number of fused-ring (bicyclic) bond motifs is 2. The molecule has 4 aliphatic carbocycles. The van der Waals surface area contributed by atoms with E-state index in [-0.39, 0.29) is 17.0 Å². The van der Waals surface area contributed by atoms with Gasteiger partial charge in [-0.1, -0.05) is 6.42 Å². The molecule has 1 aliphatic heterocycles. The lowest BCUT2D eigenvalue weighted by Crippen LogP contribution is -2.59. The summed E-state index contributed by atoms with van der Waals surface area (Å²) in [4.78, 5) is 32.8. The smallest absolute Gasteiger partial charge is 0.262 e. The Morgan fingerprint density at radius 1 is 1.10 bits per heavy atom. The average Bonchev–Trinajstić information content (AvgIpc) is 2.83. The molecule has 0 spiro atoms. The van der Waals surface area contributed by atoms with Gasteiger partial charge in [-0.3, -0.25) is 14.2 Å². The number of hydrogen-bond donors (Lipinski definition) is 1. The number of hydrogen-bond acceptors (Lipinski definition) is 4. The van der Waals surface area contributed by atoms with Gasteiger partial charge in [-0.2, -0.15) is 0 Å². The summed E-state index contributed by atoms with van der Waals surface area (Å²) in [6, 6.07) is 0. The first kappa shape index (κ1) is 18.1. The lowest BCUT2D eigenvalue weighted by Gasteiger charge is -2.56. The lowest BCUT2D eigenvalue weighted by molar-refractivity contribution is -0.0166. The number of carbonyl (C=O) groups excluding carboxylic acids is 1. The second kappa shape index (κ2) is 6.40. The normalized spacial score (nSPS) is 32.9. The molecule has 0 saturated heterocycles. The molecule has 2 aromatic rings. The number of nitrogens with one attached hydrogen (secondary N) is 1. The molecule has 1 N–H and O–H groups in total. The van der Waals surface area contributed by atoms with Crippen molar-refractivity contribution in [3.05, 3.63) is 26.6 Å². The fraction of sp³-hybridized carbons (Fsp3) is 0.696. The predicted molar refractivity (Wildman–Crippen MR) is 115 cm³/mol. The van der Waals surface area contributed by atoms with E-state index in [1.807, 2.05) is 11.5 Å². The highest BCUT2D eigenvalue weighted by Gasteiger charge is 2.51. The molecule has 5 nitrogen and oxygen atoms in total. The fourth-order valence-corrected chi connectivity index (χ4v) is 8.27. The molecule has 0 radical (unpaired) electrons. The summed E-state index contributed by atoms with van der Waals surface area (Å²) < 4.78 is 1.86. The lowest BCUT2D eigenvalue weighted by atomic mass is 9.53. The fourth-order valence-electron chi connectivity index (χ4n) is 7.19. The van der Waals surface area contributed by atoms with Crippen molar-refractivity contribution in [1.29, 1.82) is 0 Å². The van der Waals surface area contributed by atoms with Crippen molar-refractivity contribution >= 4 is 27.5 Å². The molecule has 0 atom stereocenters. The number of thiophene rings is 1. The van der Waals surface area contributed by atoms with Crippen molar-refractivity contribution < 1.29 is 4.79 Å². The molecule has 29 heavy (non-hydrogen) atoms. The Balaban J connectivity index is 1.36. The molecule has 6 heteroatoms. The van der Waals surface area contributed by atoms with Gasteiger partial charge in [0.1, 0.15) is 10.7 Å². The molecule has 4 fully saturated rings. The van der Waals surface area contributed by atoms with Crippen LogP contribution in [0.1, 0.15) is 78.8 Å². The summed E-state index contributed by atoms with van der Waals surface area (Å²) in [5.74, 6) is 3.31. The minimum Gasteiger partial charge on any atom is -0.346 e. The van der Waals surface area contributed by atoms with Crippen LogP contribution in [0.15, 0.2) is 4.79 Å². The van der Waals surface area contributed by atoms with E-state index in [4.69, 9.17) is 4.98 Å². The van der Waals surface area contributed by atoms with E-state index < -0.39 is 0 Å². The van der Waals surface area contributed by atoms with Gasteiger partial charge in [0.15, 0.2) is 0 Å². The van der Waals surface area contributed by atoms with Crippen LogP contribution in [0, 0.1) is 24.7 Å². The topological polar surface area (TPSA) is 64.0 Å². The molecule has 4 bridgehead atoms. The average molecular weight is 412 g/mol. The molecule has 4 saturated carbocycles. The van der Waals surface area contributed by atoms with Gasteiger partial charge >= 0.3 is 0 Å². The molecule has 0 unspecified atom stereocenters. The predicted octanol–water partition coefficient (Wildman–Crippen LogP) is 4.19. The Morgan fingerprint density at radius 3 is 2.48 bits per heavy atom. The number of aromatic nitrogens is 2. The molecular weight excluding hydrogens is 382 g/mol. The van der Waals surface area contributed by atoms with Gasteiger partial charge in [0.05, 0.1) is 10.3 Å². The second-order valence-corrected chi connectivity index (χ2v) is 11.2. The highest BCUT2D eigenvalue weighted by molar-refractivity contribution is 7.20. The van der Waals surface area contributed by atoms with Gasteiger partial charge in [0.25, 0.3) is 11.5 Å². The van der Waals surface area contributed by atoms with Crippen molar-refractivity contribution in [2.24, 2.45) is 17.8 Å². The summed E-state index contributed by atoms with van der Waals surface area (Å²) >= 11 is 1.42. The van der Waals surface area contributed by atoms with E-state index in [0.717, 1.165) is 85.5 Å². The van der Waals surface area contributed by atoms with Crippen LogP contribution in [0.3, 0.4) is 0 Å². The molecule has 2 aromatic heterocycles. The molecule has 5 aliphatic rings. The maximum atomic E-state index is 13.4. The largest absolute Gasteiger partial charge is 0.346 e. The SMILES string of the molecule is Cc1c(C(=O)NC23CC4CC(CC(C4)C2)C3)sc2nc3n(c(=O)c12)CCCCC3. The van der Waals surface area contributed by atoms with Crippen LogP contribution in [0.4, 0.5) is 0 Å². The minimum absolute atomic E-state index is 0.00588. The highest BCUT2D eigenvalue weighted by atomic mass is 32.1. The Labute approximate surface area is 174 Å². The zero-order valence-corrected chi connectivity index (χ0v) is 17.9. The first-order valence-electron chi connectivity index (χ1n) is 11.4. The molecule has 0 aromatic carbocycles. The number of rotatable bonds is 2. The monoisotopic (exact) mass is 411 g/mol. The first-order chi connectivity index (χ1) is 14.0. The van der Waals surface area contributed by atoms with Gasteiger partial charge in [0, 0.05) is 18.5 Å². The van der Waals surface area contributed by atoms with Crippen molar-refractivity contribution in [2.45, 2.75) is 83.2 Å². The van der Waals surface area contributed by atoms with Gasteiger partial charge in [-0.15, -0.1) is 11.3 Å². The van der Waals surface area contributed by atoms with Crippen molar-refractivity contribution in [3.63, 3.8) is 0 Å². The van der Waals surface area contributed by atoms with E-state index in [9.17, 15) is 9.59 Å². The van der Waals surface area contributed by atoms with E-state index in [0.29, 0.717) is 10.3 Å². The molecule has 1 amide bonds. The van der Waals surface area contributed by atoms with E-state index in [1.165, 1.54) is 30.6 Å². The van der Waals surface area contributed by atoms with E-state index in [1.54, 1.807) is 0 Å². The van der Waals surface area contributed by atoms with Crippen LogP contribution in [-0.2, 0) is 13.0 Å². The van der Waals surface area contributed by atoms with Crippen LogP contribution >= 0.6 is 11.3 Å². The van der Waals surface area contributed by atoms with Crippen LogP contribution in [-0.4, -0.2) is 21.0 Å². The molecule has 7 rings (SSSR count). The molecule has 3 heterocycles. The molecular formula is C23H29N3O2S. The number of amides is 1. The first-order valence-corrected chi connectivity index (χ1v) is 12.2. The summed E-state index contributed by atoms with van der Waals surface area (Å²) in [6.07, 6.45) is 11.6. The maximum absolute atomic E-state index is 13.4. The number of aryl methyl sites for hydroxylation is 2. The summed E-state index contributed by atoms with van der Waals surface area (Å²) in [5.41, 5.74) is 0.868. The van der Waals surface area contributed by atoms with Crippen LogP contribution in [0.2, 0.25) is 0 Å². The Morgan fingerprint density at radius 2 is 1.79 bits per heavy atom. The third-order valence-corrected chi connectivity index (χ3v) is 9.22. The maximum Gasteiger partial charge on any atom is 0.262 e. The highest BCUT2D eigenvalue weighted by Crippen LogP contribution is 2.55. The second-order valence-electron chi connectivity index (χ2n) is 10.2. The van der Waals surface area contributed by atoms with Gasteiger partial charge in [-0.05, 0) is 81.6 Å². The van der Waals surface area contributed by atoms with Crippen LogP contribution < -0.4 is 10.9 Å². The van der Waals surface area contributed by atoms with Crippen LogP contribution in [0.25, 0.3) is 10.2 Å². The van der Waals surface area contributed by atoms with Gasteiger partial charge in [0.2, 0.25) is 0 Å². The van der Waals surface area contributed by atoms with Crippen molar-refractivity contribution in [3.8, 4) is 0 Å². The van der Waals surface area contributed by atoms with Crippen molar-refractivity contribution in [1.82, 2.24) is 14.9 Å². The van der Waals surface area contributed by atoms with Crippen molar-refractivity contribution in [2.75, 3.05) is 0 Å². The minimum atomic E-state index is -0.00588. The number of nitrogens with zero attached hydrogens (tertiary/aromatic N) is 2. The van der Waals surface area contributed by atoms with Crippen LogP contribution in [0.5, 0.6) is 0 Å². The van der Waals surface area contributed by atoms with E-state index in [2.05, 4.69) is 5.32 Å². The summed E-state index contributed by atoms with van der Waals surface area (Å²) in [7, 11) is 0. The molecule has 154 valence electrons. The summed E-state index contributed by atoms with van der Waals surface area (Å²) in [5, 5.41) is 4.14. The Hall–Kier alpha value is -1.69. The quantitative estimate of drug-likeness (QED) is 0.806. The summed E-state index contributed by atoms with van der Waals surface area (Å²) in [6.45, 7) is 2.68. The standard InChI is InChI=1S/C23H29N3O2S/c1-13-18-21(24-17-5-3-2-4-6-26(17)22(18)28)29-19(13)20(27)25-23-10-14-7-15(11-23)9-16(8-14)12-23/h14-16H,2-12H2,1H3,(H,25,27). The van der Waals surface area contributed by atoms with Gasteiger partial charge < -0.3 is 5.32 Å². The number of carbonyl (C=O) groups is 1.